The molecule has 0 amide bonds. The Bertz CT molecular complexity index is 941. The smallest absolute Gasteiger partial charge is 0.253 e. The molecule has 0 aliphatic carbocycles. The lowest BCUT2D eigenvalue weighted by atomic mass is 10.1. The van der Waals surface area contributed by atoms with E-state index in [0.717, 1.165) is 10.9 Å². The number of pyridine rings is 1. The van der Waals surface area contributed by atoms with Crippen LogP contribution in [0.2, 0.25) is 5.02 Å². The molecule has 0 radical (unpaired) electrons. The average molecular weight is 346 g/mol. The van der Waals surface area contributed by atoms with Gasteiger partial charge in [-0.1, -0.05) is 11.6 Å². The molecule has 8 heteroatoms. The van der Waals surface area contributed by atoms with Crippen molar-refractivity contribution in [1.29, 1.82) is 0 Å². The first kappa shape index (κ1) is 16.1. The van der Waals surface area contributed by atoms with Crippen molar-refractivity contribution >= 4 is 34.3 Å². The van der Waals surface area contributed by atoms with Crippen LogP contribution in [0.3, 0.4) is 0 Å². The van der Waals surface area contributed by atoms with Gasteiger partial charge >= 0.3 is 0 Å². The third-order valence-electron chi connectivity index (χ3n) is 3.53. The molecule has 1 aromatic carbocycles. The van der Waals surface area contributed by atoms with E-state index in [-0.39, 0.29) is 12.1 Å². The van der Waals surface area contributed by atoms with Crippen molar-refractivity contribution in [1.82, 2.24) is 15.0 Å². The molecule has 0 fully saturated rings. The van der Waals surface area contributed by atoms with Crippen LogP contribution in [0.1, 0.15) is 5.56 Å². The molecule has 3 rings (SSSR count). The number of fused-ring (bicyclic) bond motifs is 1. The number of methoxy groups -OCH3 is 1. The van der Waals surface area contributed by atoms with Crippen molar-refractivity contribution in [2.45, 2.75) is 6.54 Å². The fourth-order valence-electron chi connectivity index (χ4n) is 2.31. The molecule has 0 saturated carbocycles. The summed E-state index contributed by atoms with van der Waals surface area (Å²) in [5.41, 5.74) is 1.14. The molecular weight excluding hydrogens is 330 g/mol. The molecule has 124 valence electrons. The second-order valence-electron chi connectivity index (χ2n) is 5.07. The minimum Gasteiger partial charge on any atom is -0.491 e. The lowest BCUT2D eigenvalue weighted by Crippen LogP contribution is -2.16. The summed E-state index contributed by atoms with van der Waals surface area (Å²) < 4.78 is 5.15. The van der Waals surface area contributed by atoms with E-state index >= 15 is 0 Å². The summed E-state index contributed by atoms with van der Waals surface area (Å²) >= 11 is 6.00. The van der Waals surface area contributed by atoms with E-state index in [0.29, 0.717) is 28.1 Å². The summed E-state index contributed by atoms with van der Waals surface area (Å²) in [6.07, 6.45) is 1.56. The number of ether oxygens (including phenoxy) is 1. The largest absolute Gasteiger partial charge is 0.491 e. The predicted octanol–water partition coefficient (Wildman–Crippen LogP) is 2.63. The summed E-state index contributed by atoms with van der Waals surface area (Å²) in [4.78, 5) is 23.4. The van der Waals surface area contributed by atoms with E-state index in [9.17, 15) is 4.79 Å². The zero-order chi connectivity index (χ0) is 17.1. The molecule has 24 heavy (non-hydrogen) atoms. The first-order valence-electron chi connectivity index (χ1n) is 7.25. The number of nitrogens with zero attached hydrogens (tertiary/aromatic N) is 2. The Hall–Kier alpha value is -2.80. The number of nitrogens with one attached hydrogen (secondary N) is 3. The van der Waals surface area contributed by atoms with Gasteiger partial charge in [0.15, 0.2) is 11.6 Å². The third-order valence-corrected chi connectivity index (χ3v) is 3.77. The van der Waals surface area contributed by atoms with Crippen LogP contribution in [0, 0.1) is 0 Å². The number of hydrogen-bond donors (Lipinski definition) is 3. The van der Waals surface area contributed by atoms with Gasteiger partial charge in [0.25, 0.3) is 5.56 Å². The van der Waals surface area contributed by atoms with Gasteiger partial charge in [0.1, 0.15) is 0 Å². The standard InChI is InChI=1S/C16H16ClN5O2/c1-18-14-13(24-2)8-20-16(22-14)19-7-10-5-9-6-11(17)3-4-12(9)21-15(10)23/h3-6,8H,7H2,1-2H3,(H,21,23)(H2,18,19,20,22). The molecule has 2 aromatic heterocycles. The van der Waals surface area contributed by atoms with E-state index < -0.39 is 0 Å². The molecule has 0 saturated heterocycles. The number of rotatable bonds is 5. The van der Waals surface area contributed by atoms with Gasteiger partial charge in [0.2, 0.25) is 5.95 Å². The molecule has 0 aliphatic rings. The molecule has 0 bridgehead atoms. The zero-order valence-electron chi connectivity index (χ0n) is 13.2. The predicted molar refractivity (Wildman–Crippen MR) is 95.0 cm³/mol. The highest BCUT2D eigenvalue weighted by Gasteiger charge is 2.08. The van der Waals surface area contributed by atoms with Gasteiger partial charge in [-0.25, -0.2) is 4.98 Å². The quantitative estimate of drug-likeness (QED) is 0.658. The van der Waals surface area contributed by atoms with Crippen molar-refractivity contribution in [3.63, 3.8) is 0 Å². The third kappa shape index (κ3) is 3.26. The minimum atomic E-state index is -0.167. The molecule has 3 aromatic rings. The van der Waals surface area contributed by atoms with Gasteiger partial charge < -0.3 is 20.4 Å². The van der Waals surface area contributed by atoms with Crippen LogP contribution in [0.5, 0.6) is 5.75 Å². The van der Waals surface area contributed by atoms with E-state index in [4.69, 9.17) is 16.3 Å². The van der Waals surface area contributed by atoms with Crippen molar-refractivity contribution in [3.05, 3.63) is 51.4 Å². The number of benzene rings is 1. The van der Waals surface area contributed by atoms with Gasteiger partial charge in [-0.15, -0.1) is 0 Å². The van der Waals surface area contributed by atoms with E-state index in [1.54, 1.807) is 44.6 Å². The van der Waals surface area contributed by atoms with Gasteiger partial charge in [0.05, 0.1) is 13.3 Å². The highest BCUT2D eigenvalue weighted by Crippen LogP contribution is 2.21. The maximum atomic E-state index is 12.2. The van der Waals surface area contributed by atoms with Crippen LogP contribution in [0.15, 0.2) is 35.3 Å². The zero-order valence-corrected chi connectivity index (χ0v) is 13.9. The van der Waals surface area contributed by atoms with Gasteiger partial charge in [0, 0.05) is 35.1 Å². The highest BCUT2D eigenvalue weighted by molar-refractivity contribution is 6.31. The van der Waals surface area contributed by atoms with Crippen molar-refractivity contribution in [2.75, 3.05) is 24.8 Å². The molecule has 0 spiro atoms. The van der Waals surface area contributed by atoms with Crippen molar-refractivity contribution in [3.8, 4) is 5.75 Å². The van der Waals surface area contributed by atoms with Crippen molar-refractivity contribution < 1.29 is 4.74 Å². The Morgan fingerprint density at radius 1 is 1.33 bits per heavy atom. The lowest BCUT2D eigenvalue weighted by Gasteiger charge is -2.10. The summed E-state index contributed by atoms with van der Waals surface area (Å²) in [6, 6.07) is 7.12. The summed E-state index contributed by atoms with van der Waals surface area (Å²) in [6.45, 7) is 0.285. The average Bonchev–Trinajstić information content (AvgIpc) is 2.60. The van der Waals surface area contributed by atoms with Gasteiger partial charge in [-0.05, 0) is 24.3 Å². The van der Waals surface area contributed by atoms with E-state index in [2.05, 4.69) is 25.6 Å². The second kappa shape index (κ2) is 6.76. The van der Waals surface area contributed by atoms with Crippen LogP contribution in [-0.2, 0) is 6.54 Å². The number of aromatic nitrogens is 3. The van der Waals surface area contributed by atoms with Gasteiger partial charge in [-0.2, -0.15) is 4.98 Å². The fraction of sp³-hybridized carbons (Fsp3) is 0.188. The second-order valence-corrected chi connectivity index (χ2v) is 5.51. The van der Waals surface area contributed by atoms with E-state index in [1.165, 1.54) is 0 Å². The van der Waals surface area contributed by atoms with Crippen LogP contribution in [-0.4, -0.2) is 29.1 Å². The van der Waals surface area contributed by atoms with Crippen LogP contribution >= 0.6 is 11.6 Å². The number of H-pyrrole nitrogens is 1. The van der Waals surface area contributed by atoms with E-state index in [1.807, 2.05) is 0 Å². The van der Waals surface area contributed by atoms with Crippen LogP contribution in [0.25, 0.3) is 10.9 Å². The number of anilines is 2. The van der Waals surface area contributed by atoms with Crippen LogP contribution in [0.4, 0.5) is 11.8 Å². The summed E-state index contributed by atoms with van der Waals surface area (Å²) in [7, 11) is 3.29. The number of hydrogen-bond acceptors (Lipinski definition) is 6. The highest BCUT2D eigenvalue weighted by atomic mass is 35.5. The molecule has 3 N–H and O–H groups in total. The Labute approximate surface area is 143 Å². The molecule has 2 heterocycles. The van der Waals surface area contributed by atoms with Gasteiger partial charge in [-0.3, -0.25) is 4.79 Å². The minimum absolute atomic E-state index is 0.167. The maximum Gasteiger partial charge on any atom is 0.253 e. The van der Waals surface area contributed by atoms with Crippen LogP contribution < -0.4 is 20.9 Å². The molecule has 0 aliphatic heterocycles. The Morgan fingerprint density at radius 3 is 2.92 bits per heavy atom. The van der Waals surface area contributed by atoms with Crippen molar-refractivity contribution in [2.24, 2.45) is 0 Å². The molecule has 0 unspecified atom stereocenters. The molecule has 0 atom stereocenters. The SMILES string of the molecule is CNc1nc(NCc2cc3cc(Cl)ccc3[nH]c2=O)ncc1OC. The number of aromatic amines is 1. The summed E-state index contributed by atoms with van der Waals surface area (Å²) in [5, 5.41) is 7.45. The lowest BCUT2D eigenvalue weighted by molar-refractivity contribution is 0.413. The fourth-order valence-corrected chi connectivity index (χ4v) is 2.49. The molecule has 7 nitrogen and oxygen atoms in total. The maximum absolute atomic E-state index is 12.2. The Kier molecular flexibility index (Phi) is 4.52. The summed E-state index contributed by atoms with van der Waals surface area (Å²) in [5.74, 6) is 1.50. The number of halogens is 1. The Balaban J connectivity index is 1.85. The molecular formula is C16H16ClN5O2. The topological polar surface area (TPSA) is 91.9 Å². The Morgan fingerprint density at radius 2 is 2.17 bits per heavy atom. The first-order valence-corrected chi connectivity index (χ1v) is 7.62. The first-order chi connectivity index (χ1) is 11.6. The normalized spacial score (nSPS) is 10.6. The monoisotopic (exact) mass is 345 g/mol.